The van der Waals surface area contributed by atoms with Gasteiger partial charge in [0, 0.05) is 0 Å². The summed E-state index contributed by atoms with van der Waals surface area (Å²) in [6.45, 7) is 2.58. The van der Waals surface area contributed by atoms with Crippen LogP contribution in [-0.2, 0) is 22.5 Å². The lowest BCUT2D eigenvalue weighted by atomic mass is 10.1. The second kappa shape index (κ2) is 9.60. The highest BCUT2D eigenvalue weighted by atomic mass is 16.6. The minimum Gasteiger partial charge on any atom is -0.487 e. The zero-order valence-electron chi connectivity index (χ0n) is 17.5. The van der Waals surface area contributed by atoms with Crippen LogP contribution < -0.4 is 10.1 Å². The molecule has 31 heavy (non-hydrogen) atoms. The molecule has 0 spiro atoms. The van der Waals surface area contributed by atoms with Gasteiger partial charge in [0.15, 0.2) is 0 Å². The first-order chi connectivity index (χ1) is 15.4. The van der Waals surface area contributed by atoms with Gasteiger partial charge in [-0.15, -0.1) is 5.10 Å². The molecule has 3 aromatic rings. The van der Waals surface area contributed by atoms with Gasteiger partial charge in [-0.05, 0) is 37.1 Å². The fraction of sp³-hybridized carbons (Fsp3) is 0.417. The van der Waals surface area contributed by atoms with Gasteiger partial charge in [-0.2, -0.15) is 0 Å². The van der Waals surface area contributed by atoms with Crippen molar-refractivity contribution < 1.29 is 14.2 Å². The molecule has 2 saturated heterocycles. The first-order valence-electron chi connectivity index (χ1n) is 11.0. The molecule has 1 N–H and O–H groups in total. The van der Waals surface area contributed by atoms with Crippen LogP contribution in [0, 0.1) is 0 Å². The molecule has 2 aromatic carbocycles. The van der Waals surface area contributed by atoms with Crippen molar-refractivity contribution in [2.24, 2.45) is 0 Å². The number of fused-ring (bicyclic) bond motifs is 1. The van der Waals surface area contributed by atoms with Crippen LogP contribution in [-0.4, -0.2) is 53.0 Å². The number of aryl methyl sites for hydroxylation is 1. The summed E-state index contributed by atoms with van der Waals surface area (Å²) in [7, 11) is 0. The Balaban J connectivity index is 1.10. The van der Waals surface area contributed by atoms with Gasteiger partial charge < -0.3 is 19.5 Å². The van der Waals surface area contributed by atoms with Crippen molar-refractivity contribution >= 4 is 0 Å². The average Bonchev–Trinajstić information content (AvgIpc) is 3.54. The van der Waals surface area contributed by atoms with E-state index >= 15 is 0 Å². The lowest BCUT2D eigenvalue weighted by molar-refractivity contribution is 0.0620. The third-order valence-corrected chi connectivity index (χ3v) is 5.95. The van der Waals surface area contributed by atoms with Crippen molar-refractivity contribution in [3.63, 3.8) is 0 Å². The molecule has 0 saturated carbocycles. The molecule has 2 aliphatic heterocycles. The van der Waals surface area contributed by atoms with Crippen LogP contribution in [0.4, 0.5) is 0 Å². The van der Waals surface area contributed by atoms with Crippen LogP contribution in [0.5, 0.6) is 5.75 Å². The lowest BCUT2D eigenvalue weighted by Gasteiger charge is -2.17. The van der Waals surface area contributed by atoms with Crippen LogP contribution in [0.1, 0.15) is 23.7 Å². The van der Waals surface area contributed by atoms with Crippen LogP contribution >= 0.6 is 0 Å². The molecule has 4 atom stereocenters. The summed E-state index contributed by atoms with van der Waals surface area (Å²) in [6, 6.07) is 20.6. The van der Waals surface area contributed by atoms with E-state index in [4.69, 9.17) is 14.2 Å². The highest BCUT2D eigenvalue weighted by Crippen LogP contribution is 2.34. The Morgan fingerprint density at radius 1 is 0.968 bits per heavy atom. The predicted molar refractivity (Wildman–Crippen MR) is 116 cm³/mol. The largest absolute Gasteiger partial charge is 0.487 e. The maximum Gasteiger partial charge on any atom is 0.134 e. The molecule has 0 unspecified atom stereocenters. The Labute approximate surface area is 182 Å². The number of hydrogen-bond acceptors (Lipinski definition) is 6. The molecule has 2 aliphatic rings. The lowest BCUT2D eigenvalue weighted by Crippen LogP contribution is -2.41. The van der Waals surface area contributed by atoms with Gasteiger partial charge in [0.05, 0.1) is 25.5 Å². The molecule has 0 bridgehead atoms. The number of para-hydroxylation sites is 1. The van der Waals surface area contributed by atoms with Gasteiger partial charge in [0.25, 0.3) is 0 Å². The third-order valence-electron chi connectivity index (χ3n) is 5.95. The summed E-state index contributed by atoms with van der Waals surface area (Å²) in [5.74, 6) is 0.821. The molecule has 0 aliphatic carbocycles. The summed E-state index contributed by atoms with van der Waals surface area (Å²) in [5.41, 5.74) is 2.17. The number of ether oxygens (including phenoxy) is 3. The molecular weight excluding hydrogens is 392 g/mol. The Morgan fingerprint density at radius 2 is 1.74 bits per heavy atom. The van der Waals surface area contributed by atoms with Gasteiger partial charge in [-0.25, -0.2) is 4.68 Å². The summed E-state index contributed by atoms with van der Waals surface area (Å²) in [6.07, 6.45) is 4.15. The van der Waals surface area contributed by atoms with E-state index in [-0.39, 0.29) is 24.3 Å². The van der Waals surface area contributed by atoms with E-state index < -0.39 is 0 Å². The maximum atomic E-state index is 6.10. The summed E-state index contributed by atoms with van der Waals surface area (Å²) < 4.78 is 19.8. The summed E-state index contributed by atoms with van der Waals surface area (Å²) >= 11 is 0. The van der Waals surface area contributed by atoms with E-state index in [0.29, 0.717) is 19.8 Å². The Morgan fingerprint density at radius 3 is 2.58 bits per heavy atom. The Bertz CT molecular complexity index is 950. The second-order valence-electron chi connectivity index (χ2n) is 8.10. The number of benzene rings is 2. The minimum absolute atomic E-state index is 0.00350. The molecule has 1 aromatic heterocycles. The van der Waals surface area contributed by atoms with Gasteiger partial charge in [0.1, 0.15) is 36.3 Å². The van der Waals surface area contributed by atoms with Crippen LogP contribution in [0.25, 0.3) is 0 Å². The summed E-state index contributed by atoms with van der Waals surface area (Å²) in [5, 5.41) is 12.2. The quantitative estimate of drug-likeness (QED) is 0.537. The first-order valence-corrected chi connectivity index (χ1v) is 11.0. The SMILES string of the molecule is c1ccc(CCCN[C@H]2CO[C@H]3[C@@H]2OC[C@@H]3n2cc(COc3ccccc3)nn2)cc1. The highest BCUT2D eigenvalue weighted by molar-refractivity contribution is 5.21. The van der Waals surface area contributed by atoms with E-state index in [1.54, 1.807) is 0 Å². The molecule has 5 rings (SSSR count). The van der Waals surface area contributed by atoms with Gasteiger partial charge in [0.2, 0.25) is 0 Å². The van der Waals surface area contributed by atoms with E-state index in [0.717, 1.165) is 30.8 Å². The zero-order valence-corrected chi connectivity index (χ0v) is 17.5. The Kier molecular flexibility index (Phi) is 6.25. The first kappa shape index (κ1) is 20.2. The number of hydrogen-bond donors (Lipinski definition) is 1. The fourth-order valence-corrected chi connectivity index (χ4v) is 4.32. The molecule has 7 heteroatoms. The topological polar surface area (TPSA) is 70.4 Å². The number of aromatic nitrogens is 3. The molecule has 0 radical (unpaired) electrons. The molecular formula is C24H28N4O3. The average molecular weight is 421 g/mol. The fourth-order valence-electron chi connectivity index (χ4n) is 4.32. The van der Waals surface area contributed by atoms with Crippen molar-refractivity contribution in [2.45, 2.75) is 43.7 Å². The normalized spacial score (nSPS) is 24.9. The second-order valence-corrected chi connectivity index (χ2v) is 8.10. The monoisotopic (exact) mass is 420 g/mol. The van der Waals surface area contributed by atoms with E-state index in [1.165, 1.54) is 5.56 Å². The van der Waals surface area contributed by atoms with Gasteiger partial charge >= 0.3 is 0 Å². The number of nitrogens with one attached hydrogen (secondary N) is 1. The molecule has 7 nitrogen and oxygen atoms in total. The van der Waals surface area contributed by atoms with Crippen LogP contribution in [0.2, 0.25) is 0 Å². The standard InChI is InChI=1S/C24H28N4O3/c1-3-8-18(9-4-1)10-7-13-25-21-16-30-24-22(17-31-23(21)24)28-14-19(26-27-28)15-29-20-11-5-2-6-12-20/h1-6,8-9,11-12,14,21-25H,7,10,13,15-17H2/t21-,22-,23+,24+/m0/s1. The maximum absolute atomic E-state index is 6.10. The number of nitrogens with zero attached hydrogens (tertiary/aromatic N) is 3. The van der Waals surface area contributed by atoms with Crippen LogP contribution in [0.15, 0.2) is 66.9 Å². The summed E-state index contributed by atoms with van der Waals surface area (Å²) in [4.78, 5) is 0. The zero-order chi connectivity index (χ0) is 20.9. The molecule has 0 amide bonds. The smallest absolute Gasteiger partial charge is 0.134 e. The van der Waals surface area contributed by atoms with E-state index in [2.05, 4.69) is 46.0 Å². The predicted octanol–water partition coefficient (Wildman–Crippen LogP) is 2.79. The van der Waals surface area contributed by atoms with Crippen LogP contribution in [0.3, 0.4) is 0 Å². The van der Waals surface area contributed by atoms with Crippen molar-refractivity contribution in [1.29, 1.82) is 0 Å². The van der Waals surface area contributed by atoms with Crippen molar-refractivity contribution in [3.05, 3.63) is 78.1 Å². The van der Waals surface area contributed by atoms with E-state index in [9.17, 15) is 0 Å². The molecule has 3 heterocycles. The third kappa shape index (κ3) is 4.79. The highest BCUT2D eigenvalue weighted by Gasteiger charge is 2.48. The van der Waals surface area contributed by atoms with E-state index in [1.807, 2.05) is 41.2 Å². The van der Waals surface area contributed by atoms with Crippen molar-refractivity contribution in [2.75, 3.05) is 19.8 Å². The Hall–Kier alpha value is -2.74. The van der Waals surface area contributed by atoms with Crippen molar-refractivity contribution in [3.8, 4) is 5.75 Å². The molecule has 162 valence electrons. The number of rotatable bonds is 9. The van der Waals surface area contributed by atoms with Gasteiger partial charge in [-0.1, -0.05) is 53.7 Å². The van der Waals surface area contributed by atoms with Crippen molar-refractivity contribution in [1.82, 2.24) is 20.3 Å². The minimum atomic E-state index is -0.00350. The van der Waals surface area contributed by atoms with Gasteiger partial charge in [-0.3, -0.25) is 0 Å². The molecule has 2 fully saturated rings.